The molecule has 1 aromatic carbocycles. The number of benzene rings is 1. The lowest BCUT2D eigenvalue weighted by Crippen LogP contribution is -2.05. The van der Waals surface area contributed by atoms with Crippen molar-refractivity contribution in [2.45, 2.75) is 10.6 Å². The number of rotatable bonds is 3. The van der Waals surface area contributed by atoms with E-state index in [9.17, 15) is 13.2 Å². The van der Waals surface area contributed by atoms with Crippen LogP contribution in [0.1, 0.15) is 5.69 Å². The van der Waals surface area contributed by atoms with Crippen LogP contribution in [-0.4, -0.2) is 18.6 Å². The summed E-state index contributed by atoms with van der Waals surface area (Å²) in [6.45, 7) is 0. The van der Waals surface area contributed by atoms with Crippen LogP contribution >= 0.6 is 11.6 Å². The molecule has 1 heterocycles. The minimum atomic E-state index is -3.47. The lowest BCUT2D eigenvalue weighted by Gasteiger charge is -2.02. The van der Waals surface area contributed by atoms with Gasteiger partial charge >= 0.3 is 0 Å². The van der Waals surface area contributed by atoms with Gasteiger partial charge in [0.25, 0.3) is 5.56 Å². The maximum absolute atomic E-state index is 11.9. The minimum Gasteiger partial charge on any atom is -0.301 e. The largest absolute Gasteiger partial charge is 0.301 e. The Kier molecular flexibility index (Phi) is 3.08. The average Bonchev–Trinajstić information content (AvgIpc) is 2.63. The fourth-order valence-corrected chi connectivity index (χ4v) is 2.79. The molecule has 0 fully saturated rings. The molecule has 0 radical (unpaired) electrons. The van der Waals surface area contributed by atoms with Gasteiger partial charge in [-0.25, -0.2) is 8.42 Å². The number of hydrogen-bond donors (Lipinski definition) is 2. The third-order valence-electron chi connectivity index (χ3n) is 2.17. The molecular weight excluding hydrogens is 264 g/mol. The van der Waals surface area contributed by atoms with Crippen molar-refractivity contribution in [1.82, 2.24) is 10.2 Å². The van der Waals surface area contributed by atoms with E-state index in [1.165, 1.54) is 30.3 Å². The first-order valence-corrected chi connectivity index (χ1v) is 6.75. The van der Waals surface area contributed by atoms with Crippen LogP contribution in [0.2, 0.25) is 5.02 Å². The molecule has 0 amide bonds. The maximum Gasteiger partial charge on any atom is 0.264 e. The highest BCUT2D eigenvalue weighted by atomic mass is 35.5. The number of hydrogen-bond acceptors (Lipinski definition) is 3. The van der Waals surface area contributed by atoms with Crippen LogP contribution in [0.4, 0.5) is 0 Å². The van der Waals surface area contributed by atoms with Gasteiger partial charge in [-0.1, -0.05) is 11.6 Å². The number of H-pyrrole nitrogens is 2. The highest BCUT2D eigenvalue weighted by Gasteiger charge is 2.16. The summed E-state index contributed by atoms with van der Waals surface area (Å²) in [6.07, 6.45) is 0. The summed E-state index contributed by atoms with van der Waals surface area (Å²) in [6, 6.07) is 7.10. The molecule has 0 aliphatic carbocycles. The van der Waals surface area contributed by atoms with Crippen molar-refractivity contribution in [2.24, 2.45) is 0 Å². The molecular formula is C10H9ClN2O3S. The number of aromatic nitrogens is 2. The van der Waals surface area contributed by atoms with Crippen LogP contribution in [0.25, 0.3) is 0 Å². The Labute approximate surface area is 102 Å². The third-order valence-corrected chi connectivity index (χ3v) is 4.10. The second kappa shape index (κ2) is 4.38. The molecule has 17 heavy (non-hydrogen) atoms. The van der Waals surface area contributed by atoms with E-state index in [-0.39, 0.29) is 16.2 Å². The second-order valence-electron chi connectivity index (χ2n) is 3.50. The van der Waals surface area contributed by atoms with E-state index in [1.807, 2.05) is 0 Å². The van der Waals surface area contributed by atoms with E-state index in [0.717, 1.165) is 0 Å². The predicted octanol–water partition coefficient (Wildman–Crippen LogP) is 1.33. The van der Waals surface area contributed by atoms with Gasteiger partial charge in [-0.15, -0.1) is 0 Å². The summed E-state index contributed by atoms with van der Waals surface area (Å²) in [5, 5.41) is 5.26. The van der Waals surface area contributed by atoms with Crippen molar-refractivity contribution in [3.63, 3.8) is 0 Å². The van der Waals surface area contributed by atoms with Gasteiger partial charge in [-0.2, -0.15) is 0 Å². The van der Waals surface area contributed by atoms with E-state index in [2.05, 4.69) is 10.2 Å². The van der Waals surface area contributed by atoms with Crippen LogP contribution < -0.4 is 5.56 Å². The highest BCUT2D eigenvalue weighted by molar-refractivity contribution is 7.90. The standard InChI is InChI=1S/C10H9ClN2O3S/c11-7-1-3-9(4-2-7)17(15,16)6-8-5-10(14)13-12-8/h1-5H,6H2,(H2,12,13,14). The Morgan fingerprint density at radius 1 is 1.12 bits per heavy atom. The topological polar surface area (TPSA) is 82.8 Å². The van der Waals surface area contributed by atoms with Crippen molar-refractivity contribution in [3.05, 3.63) is 51.4 Å². The molecule has 2 rings (SSSR count). The van der Waals surface area contributed by atoms with Gasteiger partial charge in [0.15, 0.2) is 9.84 Å². The number of sulfone groups is 1. The molecule has 0 aliphatic rings. The molecule has 2 N–H and O–H groups in total. The third kappa shape index (κ3) is 2.78. The van der Waals surface area contributed by atoms with E-state index in [1.54, 1.807) is 0 Å². The van der Waals surface area contributed by atoms with Crippen molar-refractivity contribution in [3.8, 4) is 0 Å². The summed E-state index contributed by atoms with van der Waals surface area (Å²) in [4.78, 5) is 11.0. The average molecular weight is 273 g/mol. The zero-order valence-electron chi connectivity index (χ0n) is 8.60. The zero-order chi connectivity index (χ0) is 12.5. The Morgan fingerprint density at radius 3 is 2.29 bits per heavy atom. The molecule has 0 atom stereocenters. The molecule has 0 aliphatic heterocycles. The minimum absolute atomic E-state index is 0.170. The molecule has 7 heteroatoms. The van der Waals surface area contributed by atoms with E-state index < -0.39 is 9.84 Å². The fourth-order valence-electron chi connectivity index (χ4n) is 1.38. The summed E-state index contributed by atoms with van der Waals surface area (Å²) >= 11 is 5.68. The molecule has 5 nitrogen and oxygen atoms in total. The molecule has 2 aromatic rings. The molecule has 90 valence electrons. The predicted molar refractivity (Wildman–Crippen MR) is 63.8 cm³/mol. The molecule has 0 unspecified atom stereocenters. The van der Waals surface area contributed by atoms with Gasteiger partial charge in [0.2, 0.25) is 0 Å². The Morgan fingerprint density at radius 2 is 1.76 bits per heavy atom. The van der Waals surface area contributed by atoms with Gasteiger partial charge < -0.3 is 5.10 Å². The maximum atomic E-state index is 11.9. The van der Waals surface area contributed by atoms with Gasteiger partial charge in [-0.3, -0.25) is 9.89 Å². The van der Waals surface area contributed by atoms with Crippen molar-refractivity contribution in [1.29, 1.82) is 0 Å². The van der Waals surface area contributed by atoms with Crippen LogP contribution in [0.5, 0.6) is 0 Å². The van der Waals surface area contributed by atoms with Gasteiger partial charge in [0.05, 0.1) is 16.3 Å². The molecule has 0 saturated heterocycles. The molecule has 0 spiro atoms. The Balaban J connectivity index is 2.31. The lowest BCUT2D eigenvalue weighted by atomic mass is 10.4. The first kappa shape index (κ1) is 11.9. The Bertz CT molecular complexity index is 670. The quantitative estimate of drug-likeness (QED) is 0.884. The normalized spacial score (nSPS) is 11.6. The van der Waals surface area contributed by atoms with Crippen molar-refractivity contribution >= 4 is 21.4 Å². The number of nitrogens with one attached hydrogen (secondary N) is 2. The van der Waals surface area contributed by atoms with Crippen molar-refractivity contribution in [2.75, 3.05) is 0 Å². The molecule has 0 bridgehead atoms. The highest BCUT2D eigenvalue weighted by Crippen LogP contribution is 2.17. The van der Waals surface area contributed by atoms with Crippen LogP contribution in [0.15, 0.2) is 40.0 Å². The van der Waals surface area contributed by atoms with Crippen molar-refractivity contribution < 1.29 is 8.42 Å². The zero-order valence-corrected chi connectivity index (χ0v) is 10.2. The SMILES string of the molecule is O=c1cc(CS(=O)(=O)c2ccc(Cl)cc2)[nH][nH]1. The van der Waals surface area contributed by atoms with E-state index in [0.29, 0.717) is 10.7 Å². The lowest BCUT2D eigenvalue weighted by molar-refractivity contribution is 0.594. The summed E-state index contributed by atoms with van der Waals surface area (Å²) in [7, 11) is -3.47. The van der Waals surface area contributed by atoms with Gasteiger partial charge in [-0.05, 0) is 24.3 Å². The van der Waals surface area contributed by atoms with E-state index >= 15 is 0 Å². The number of aromatic amines is 2. The smallest absolute Gasteiger partial charge is 0.264 e. The first-order chi connectivity index (χ1) is 7.97. The second-order valence-corrected chi connectivity index (χ2v) is 5.92. The van der Waals surface area contributed by atoms with Gasteiger partial charge in [0, 0.05) is 11.1 Å². The summed E-state index contributed by atoms with van der Waals surface area (Å²) in [5.74, 6) is -0.257. The number of halogens is 1. The summed E-state index contributed by atoms with van der Waals surface area (Å²) < 4.78 is 23.9. The Hall–Kier alpha value is -1.53. The van der Waals surface area contributed by atoms with E-state index in [4.69, 9.17) is 11.6 Å². The molecule has 0 saturated carbocycles. The van der Waals surface area contributed by atoms with Crippen LogP contribution in [0.3, 0.4) is 0 Å². The fraction of sp³-hybridized carbons (Fsp3) is 0.100. The summed E-state index contributed by atoms with van der Waals surface area (Å²) in [5.41, 5.74) is -0.0312. The van der Waals surface area contributed by atoms with Crippen LogP contribution in [0, 0.1) is 0 Å². The molecule has 1 aromatic heterocycles. The van der Waals surface area contributed by atoms with Crippen LogP contribution in [-0.2, 0) is 15.6 Å². The van der Waals surface area contributed by atoms with Gasteiger partial charge in [0.1, 0.15) is 0 Å². The monoisotopic (exact) mass is 272 g/mol. The first-order valence-electron chi connectivity index (χ1n) is 4.72.